The van der Waals surface area contributed by atoms with Crippen LogP contribution in [0.25, 0.3) is 0 Å². The average Bonchev–Trinajstić information content (AvgIpc) is 3.25. The lowest BCUT2D eigenvalue weighted by atomic mass is 9.75. The normalized spacial score (nSPS) is 17.3. The number of anilines is 2. The number of esters is 3. The molecular formula is C26H31N3O6S. The van der Waals surface area contributed by atoms with Crippen LogP contribution in [0.4, 0.5) is 10.8 Å². The van der Waals surface area contributed by atoms with Crippen molar-refractivity contribution < 1.29 is 28.6 Å². The van der Waals surface area contributed by atoms with Gasteiger partial charge in [-0.25, -0.2) is 9.78 Å². The molecule has 0 amide bonds. The maximum absolute atomic E-state index is 13.1. The van der Waals surface area contributed by atoms with Gasteiger partial charge in [-0.15, -0.1) is 11.3 Å². The molecular weight excluding hydrogens is 482 g/mol. The number of hydrogen-bond donors (Lipinski definition) is 1. The van der Waals surface area contributed by atoms with Crippen LogP contribution >= 0.6 is 11.3 Å². The molecule has 0 aliphatic carbocycles. The number of benzene rings is 1. The molecule has 3 rings (SSSR count). The molecule has 36 heavy (non-hydrogen) atoms. The van der Waals surface area contributed by atoms with Crippen LogP contribution in [-0.4, -0.2) is 48.4 Å². The van der Waals surface area contributed by atoms with Crippen LogP contribution in [0.15, 0.2) is 45.9 Å². The molecule has 0 fully saturated rings. The van der Waals surface area contributed by atoms with Crippen molar-refractivity contribution in [3.05, 3.63) is 52.2 Å². The van der Waals surface area contributed by atoms with E-state index in [1.807, 2.05) is 24.3 Å². The van der Waals surface area contributed by atoms with Crippen LogP contribution in [0.2, 0.25) is 0 Å². The third-order valence-electron chi connectivity index (χ3n) is 5.58. The Morgan fingerprint density at radius 3 is 2.39 bits per heavy atom. The summed E-state index contributed by atoms with van der Waals surface area (Å²) in [7, 11) is 0. The molecule has 2 unspecified atom stereocenters. The first-order valence-electron chi connectivity index (χ1n) is 11.9. The zero-order valence-corrected chi connectivity index (χ0v) is 21.9. The summed E-state index contributed by atoms with van der Waals surface area (Å²) in [6.45, 7) is 9.43. The summed E-state index contributed by atoms with van der Waals surface area (Å²) in [5.41, 5.74) is 3.33. The predicted molar refractivity (Wildman–Crippen MR) is 137 cm³/mol. The van der Waals surface area contributed by atoms with Crippen molar-refractivity contribution in [1.29, 1.82) is 0 Å². The summed E-state index contributed by atoms with van der Waals surface area (Å²) in [6, 6.07) is 7.40. The maximum atomic E-state index is 13.1. The van der Waals surface area contributed by atoms with Crippen LogP contribution in [0, 0.1) is 5.92 Å². The Hall–Kier alpha value is -3.53. The Morgan fingerprint density at radius 2 is 1.69 bits per heavy atom. The number of allylic oxidation sites excluding steroid dienone is 1. The Bertz CT molecular complexity index is 1190. The molecule has 1 aromatic carbocycles. The van der Waals surface area contributed by atoms with E-state index < -0.39 is 23.8 Å². The summed E-state index contributed by atoms with van der Waals surface area (Å²) in [5.74, 6) is -2.80. The van der Waals surface area contributed by atoms with E-state index in [2.05, 4.69) is 15.3 Å². The molecule has 1 aromatic heterocycles. The fourth-order valence-corrected chi connectivity index (χ4v) is 4.91. The smallest absolute Gasteiger partial charge is 0.336 e. The molecule has 0 radical (unpaired) electrons. The molecule has 0 spiro atoms. The number of nitrogens with zero attached hydrogens (tertiary/aromatic N) is 2. The maximum Gasteiger partial charge on any atom is 0.336 e. The minimum absolute atomic E-state index is 0.0752. The minimum Gasteiger partial charge on any atom is -0.466 e. The Morgan fingerprint density at radius 1 is 1.00 bits per heavy atom. The molecule has 2 aromatic rings. The second kappa shape index (κ2) is 12.4. The van der Waals surface area contributed by atoms with E-state index in [9.17, 15) is 14.4 Å². The van der Waals surface area contributed by atoms with Crippen molar-refractivity contribution >= 4 is 45.8 Å². The van der Waals surface area contributed by atoms with Gasteiger partial charge < -0.3 is 19.5 Å². The highest BCUT2D eigenvalue weighted by Gasteiger charge is 2.43. The van der Waals surface area contributed by atoms with Gasteiger partial charge in [0.05, 0.1) is 37.5 Å². The van der Waals surface area contributed by atoms with Gasteiger partial charge in [0.2, 0.25) is 0 Å². The van der Waals surface area contributed by atoms with Crippen molar-refractivity contribution in [3.8, 4) is 0 Å². The minimum atomic E-state index is -0.799. The molecule has 1 aliphatic rings. The molecule has 0 bridgehead atoms. The number of carbonyl (C=O) groups is 3. The van der Waals surface area contributed by atoms with Gasteiger partial charge in [-0.1, -0.05) is 18.2 Å². The van der Waals surface area contributed by atoms with Crippen LogP contribution in [0.1, 0.15) is 51.8 Å². The van der Waals surface area contributed by atoms with Crippen molar-refractivity contribution in [1.82, 2.24) is 4.98 Å². The summed E-state index contributed by atoms with van der Waals surface area (Å²) >= 11 is 1.34. The van der Waals surface area contributed by atoms with E-state index in [0.717, 1.165) is 0 Å². The first-order valence-corrected chi connectivity index (χ1v) is 12.7. The Kier molecular flexibility index (Phi) is 9.35. The van der Waals surface area contributed by atoms with Gasteiger partial charge in [-0.05, 0) is 46.2 Å². The van der Waals surface area contributed by atoms with Gasteiger partial charge >= 0.3 is 17.9 Å². The van der Waals surface area contributed by atoms with Crippen LogP contribution < -0.4 is 5.32 Å². The zero-order valence-electron chi connectivity index (χ0n) is 21.1. The lowest BCUT2D eigenvalue weighted by Gasteiger charge is -2.32. The zero-order chi connectivity index (χ0) is 26.2. The number of aromatic nitrogens is 1. The predicted octanol–water partition coefficient (Wildman–Crippen LogP) is 4.57. The fourth-order valence-electron chi connectivity index (χ4n) is 4.19. The SMILES string of the molecule is CCOC(=O)Cc1csc(Nc2ccccc2C2C(C(=O)OCC)=C(C)N=C(C)C2C(=O)OCC)n1. The van der Waals surface area contributed by atoms with Gasteiger partial charge in [0.15, 0.2) is 5.13 Å². The van der Waals surface area contributed by atoms with E-state index in [4.69, 9.17) is 14.2 Å². The number of para-hydroxylation sites is 1. The first-order chi connectivity index (χ1) is 17.3. The average molecular weight is 514 g/mol. The highest BCUT2D eigenvalue weighted by molar-refractivity contribution is 7.13. The summed E-state index contributed by atoms with van der Waals surface area (Å²) < 4.78 is 15.7. The van der Waals surface area contributed by atoms with Crippen molar-refractivity contribution in [3.63, 3.8) is 0 Å². The van der Waals surface area contributed by atoms with Gasteiger partial charge in [0, 0.05) is 28.4 Å². The molecule has 1 N–H and O–H groups in total. The number of rotatable bonds is 10. The van der Waals surface area contributed by atoms with Gasteiger partial charge in [-0.3, -0.25) is 14.6 Å². The number of carbonyl (C=O) groups excluding carboxylic acids is 3. The molecule has 2 heterocycles. The lowest BCUT2D eigenvalue weighted by Crippen LogP contribution is -2.36. The van der Waals surface area contributed by atoms with E-state index >= 15 is 0 Å². The van der Waals surface area contributed by atoms with Gasteiger partial charge in [0.1, 0.15) is 5.92 Å². The standard InChI is InChI=1S/C26H31N3O6S/c1-6-33-20(30)13-17-14-36-26(28-17)29-19-12-10-9-11-18(19)23-21(24(31)34-7-2)15(4)27-16(5)22(23)25(32)35-8-3/h9-12,14,21,23H,6-8,13H2,1-5H3,(H,28,29). The molecule has 1 aliphatic heterocycles. The van der Waals surface area contributed by atoms with E-state index in [1.165, 1.54) is 11.3 Å². The number of aliphatic imine (C=N–C) groups is 1. The Labute approximate surface area is 214 Å². The van der Waals surface area contributed by atoms with Crippen LogP contribution in [-0.2, 0) is 35.0 Å². The topological polar surface area (TPSA) is 116 Å². The molecule has 2 atom stereocenters. The fraction of sp³-hybridized carbons (Fsp3) is 0.423. The molecule has 9 nitrogen and oxygen atoms in total. The molecule has 10 heteroatoms. The monoisotopic (exact) mass is 513 g/mol. The third kappa shape index (κ3) is 6.17. The van der Waals surface area contributed by atoms with Crippen molar-refractivity contribution in [2.45, 2.75) is 47.0 Å². The highest BCUT2D eigenvalue weighted by atomic mass is 32.1. The summed E-state index contributed by atoms with van der Waals surface area (Å²) in [4.78, 5) is 47.0. The Balaban J connectivity index is 2.04. The number of ether oxygens (including phenoxy) is 3. The second-order valence-corrected chi connectivity index (χ2v) is 8.88. The molecule has 0 saturated carbocycles. The van der Waals surface area contributed by atoms with Crippen molar-refractivity contribution in [2.24, 2.45) is 10.9 Å². The number of thiazole rings is 1. The van der Waals surface area contributed by atoms with E-state index in [-0.39, 0.29) is 25.6 Å². The van der Waals surface area contributed by atoms with Crippen LogP contribution in [0.5, 0.6) is 0 Å². The van der Waals surface area contributed by atoms with E-state index in [0.29, 0.717) is 45.7 Å². The number of nitrogens with one attached hydrogen (secondary N) is 1. The van der Waals surface area contributed by atoms with Gasteiger partial charge in [0.25, 0.3) is 0 Å². The molecule has 192 valence electrons. The molecule has 0 saturated heterocycles. The first kappa shape index (κ1) is 27.1. The summed E-state index contributed by atoms with van der Waals surface area (Å²) in [6.07, 6.45) is 0.0752. The second-order valence-electron chi connectivity index (χ2n) is 8.02. The largest absolute Gasteiger partial charge is 0.466 e. The lowest BCUT2D eigenvalue weighted by molar-refractivity contribution is -0.146. The third-order valence-corrected chi connectivity index (χ3v) is 6.39. The van der Waals surface area contributed by atoms with E-state index in [1.54, 1.807) is 40.0 Å². The quantitative estimate of drug-likeness (QED) is 0.363. The van der Waals surface area contributed by atoms with Crippen LogP contribution in [0.3, 0.4) is 0 Å². The summed E-state index contributed by atoms with van der Waals surface area (Å²) in [5, 5.41) is 5.65. The van der Waals surface area contributed by atoms with Gasteiger partial charge in [-0.2, -0.15) is 0 Å². The highest BCUT2D eigenvalue weighted by Crippen LogP contribution is 2.43. The van der Waals surface area contributed by atoms with Crippen molar-refractivity contribution in [2.75, 3.05) is 25.1 Å². The number of hydrogen-bond acceptors (Lipinski definition) is 10.